The van der Waals surface area contributed by atoms with Crippen molar-refractivity contribution in [1.29, 1.82) is 0 Å². The Morgan fingerprint density at radius 3 is 2.04 bits per heavy atom. The predicted molar refractivity (Wildman–Crippen MR) is 201 cm³/mol. The monoisotopic (exact) mass is 717 g/mol. The lowest BCUT2D eigenvalue weighted by Gasteiger charge is -2.41. The number of hydrogen-bond donors (Lipinski definition) is 3. The molecule has 0 spiro atoms. The van der Waals surface area contributed by atoms with Crippen LogP contribution in [-0.2, 0) is 28.7 Å². The van der Waals surface area contributed by atoms with Crippen molar-refractivity contribution in [3.8, 4) is 0 Å². The van der Waals surface area contributed by atoms with E-state index >= 15 is 0 Å². The van der Waals surface area contributed by atoms with Gasteiger partial charge in [0.05, 0.1) is 48.8 Å². The van der Waals surface area contributed by atoms with E-state index in [9.17, 15) is 24.3 Å². The molecule has 10 atom stereocenters. The van der Waals surface area contributed by atoms with E-state index in [0.29, 0.717) is 24.9 Å². The van der Waals surface area contributed by atoms with Gasteiger partial charge in [-0.2, -0.15) is 0 Å². The molecule has 1 saturated heterocycles. The van der Waals surface area contributed by atoms with E-state index in [2.05, 4.69) is 17.6 Å². The fourth-order valence-electron chi connectivity index (χ4n) is 7.63. The number of nitrogens with one attached hydrogen (secondary N) is 2. The summed E-state index contributed by atoms with van der Waals surface area (Å²) < 4.78 is 11.9. The highest BCUT2D eigenvalue weighted by molar-refractivity contribution is 5.89. The van der Waals surface area contributed by atoms with Crippen LogP contribution in [-0.4, -0.2) is 103 Å². The van der Waals surface area contributed by atoms with Gasteiger partial charge in [0.25, 0.3) is 0 Å². The minimum atomic E-state index is -0.872. The van der Waals surface area contributed by atoms with Gasteiger partial charge >= 0.3 is 0 Å². The molecule has 3 N–H and O–H groups in total. The molecule has 0 bridgehead atoms. The topological polar surface area (TPSA) is 138 Å². The lowest BCUT2D eigenvalue weighted by molar-refractivity contribution is -0.148. The lowest BCUT2D eigenvalue weighted by atomic mass is 9.89. The average molecular weight is 717 g/mol. The van der Waals surface area contributed by atoms with Crippen molar-refractivity contribution in [2.75, 3.05) is 27.8 Å². The minimum Gasteiger partial charge on any atom is -0.386 e. The van der Waals surface area contributed by atoms with Gasteiger partial charge < -0.3 is 35.0 Å². The fraction of sp³-hybridized carbons (Fsp3) is 0.750. The lowest BCUT2D eigenvalue weighted by Crippen LogP contribution is -2.58. The van der Waals surface area contributed by atoms with Crippen molar-refractivity contribution in [1.82, 2.24) is 20.4 Å². The van der Waals surface area contributed by atoms with Crippen molar-refractivity contribution in [2.45, 2.75) is 137 Å². The molecule has 1 heterocycles. The molecule has 11 heteroatoms. The summed E-state index contributed by atoms with van der Waals surface area (Å²) in [5.41, 5.74) is 0.713. The van der Waals surface area contributed by atoms with Gasteiger partial charge in [0.1, 0.15) is 6.04 Å². The molecule has 0 aliphatic carbocycles. The first-order valence-electron chi connectivity index (χ1n) is 19.0. The third kappa shape index (κ3) is 11.5. The van der Waals surface area contributed by atoms with E-state index in [1.807, 2.05) is 71.9 Å². The molecular formula is C40H68N4O7. The summed E-state index contributed by atoms with van der Waals surface area (Å²) in [6.45, 7) is 18.0. The Bertz CT molecular complexity index is 1240. The average Bonchev–Trinajstić information content (AvgIpc) is 3.59. The summed E-state index contributed by atoms with van der Waals surface area (Å²) >= 11 is 0. The summed E-state index contributed by atoms with van der Waals surface area (Å²) in [4.78, 5) is 58.4. The van der Waals surface area contributed by atoms with E-state index in [4.69, 9.17) is 9.47 Å². The summed E-state index contributed by atoms with van der Waals surface area (Å²) in [5, 5.41) is 16.8. The summed E-state index contributed by atoms with van der Waals surface area (Å²) in [7, 11) is 4.87. The number of hydrogen-bond acceptors (Lipinski definition) is 7. The molecule has 0 aromatic heterocycles. The molecule has 290 valence electrons. The number of amides is 4. The van der Waals surface area contributed by atoms with Crippen LogP contribution in [0.25, 0.3) is 0 Å². The molecule has 2 rings (SSSR count). The Balaban J connectivity index is 2.24. The van der Waals surface area contributed by atoms with Crippen molar-refractivity contribution in [3.05, 3.63) is 35.9 Å². The van der Waals surface area contributed by atoms with Gasteiger partial charge in [-0.3, -0.25) is 19.2 Å². The molecule has 1 aliphatic heterocycles. The molecule has 4 amide bonds. The molecule has 1 aromatic rings. The number of rotatable bonds is 20. The first kappa shape index (κ1) is 44.1. The highest BCUT2D eigenvalue weighted by Gasteiger charge is 2.43. The third-order valence-corrected chi connectivity index (χ3v) is 11.1. The maximum absolute atomic E-state index is 14.1. The predicted octanol–water partition coefficient (Wildman–Crippen LogP) is 4.97. The van der Waals surface area contributed by atoms with E-state index in [1.54, 1.807) is 44.9 Å². The zero-order valence-corrected chi connectivity index (χ0v) is 33.3. The minimum absolute atomic E-state index is 0.00249. The van der Waals surface area contributed by atoms with Crippen LogP contribution < -0.4 is 10.6 Å². The van der Waals surface area contributed by atoms with Crippen LogP contribution in [0.3, 0.4) is 0 Å². The zero-order chi connectivity index (χ0) is 38.6. The first-order valence-corrected chi connectivity index (χ1v) is 19.0. The highest BCUT2D eigenvalue weighted by atomic mass is 16.5. The molecule has 0 saturated carbocycles. The summed E-state index contributed by atoms with van der Waals surface area (Å²) in [6.07, 6.45) is 0.881. The van der Waals surface area contributed by atoms with E-state index < -0.39 is 42.4 Å². The van der Waals surface area contributed by atoms with Gasteiger partial charge in [-0.05, 0) is 49.5 Å². The van der Waals surface area contributed by atoms with Gasteiger partial charge in [0.15, 0.2) is 0 Å². The Labute approximate surface area is 307 Å². The smallest absolute Gasteiger partial charge is 0.245 e. The second kappa shape index (κ2) is 20.9. The number of likely N-dealkylation sites (tertiary alicyclic amines) is 1. The van der Waals surface area contributed by atoms with E-state index in [-0.39, 0.29) is 59.8 Å². The second-order valence-electron chi connectivity index (χ2n) is 15.2. The molecule has 1 fully saturated rings. The second-order valence-corrected chi connectivity index (χ2v) is 15.2. The molecular weight excluding hydrogens is 648 g/mol. The van der Waals surface area contributed by atoms with E-state index in [1.165, 1.54) is 0 Å². The largest absolute Gasteiger partial charge is 0.386 e. The zero-order valence-electron chi connectivity index (χ0n) is 33.3. The SMILES string of the molecule is CC[C@@H](C)[C@H]([C@H](CC(=O)N1CCC[C@@H]1[C@@H](OC)[C@H](C)C(=O)N[C@@H](C)[C@H](O)c1ccccc1)OC)N(C)C(=O)[C@H](NC(=O)[C@H](CC)C(C)C)C(C)C. The van der Waals surface area contributed by atoms with Crippen molar-refractivity contribution in [2.24, 2.45) is 29.6 Å². The number of benzene rings is 1. The van der Waals surface area contributed by atoms with E-state index in [0.717, 1.165) is 12.8 Å². The quantitative estimate of drug-likeness (QED) is 0.173. The van der Waals surface area contributed by atoms with Crippen LogP contribution in [0.5, 0.6) is 0 Å². The first-order chi connectivity index (χ1) is 24.0. The Morgan fingerprint density at radius 2 is 1.53 bits per heavy atom. The van der Waals surface area contributed by atoms with Gasteiger partial charge in [0.2, 0.25) is 23.6 Å². The molecule has 0 unspecified atom stereocenters. The number of methoxy groups -OCH3 is 2. The Kier molecular flexibility index (Phi) is 18.1. The summed E-state index contributed by atoms with van der Waals surface area (Å²) in [6, 6.07) is 7.19. The summed E-state index contributed by atoms with van der Waals surface area (Å²) in [5.74, 6) is -1.51. The fourth-order valence-corrected chi connectivity index (χ4v) is 7.63. The van der Waals surface area contributed by atoms with Crippen LogP contribution in [0.4, 0.5) is 0 Å². The normalized spacial score (nSPS) is 20.1. The Hall–Kier alpha value is -3.02. The number of nitrogens with zero attached hydrogens (tertiary/aromatic N) is 2. The van der Waals surface area contributed by atoms with Crippen LogP contribution in [0, 0.1) is 29.6 Å². The van der Waals surface area contributed by atoms with Gasteiger partial charge in [-0.1, -0.05) is 92.1 Å². The standard InChI is InChI=1S/C40H68N4O7/c1-13-26(7)35(43(10)40(49)34(25(5)6)42-39(48)30(14-2)24(3)4)32(50-11)23-33(45)44-22-18-21-31(44)37(51-12)27(8)38(47)41-28(9)36(46)29-19-16-15-17-20-29/h15-17,19-20,24-28,30-32,34-37,46H,13-14,18,21-23H2,1-12H3,(H,41,47)(H,42,48)/t26-,27+,28+,30-,31-,32+,34-,35-,36+,37+/m1/s1. The molecule has 1 aliphatic rings. The maximum atomic E-state index is 14.1. The number of ether oxygens (including phenoxy) is 2. The third-order valence-electron chi connectivity index (χ3n) is 11.1. The maximum Gasteiger partial charge on any atom is 0.245 e. The number of aliphatic hydroxyl groups is 1. The van der Waals surface area contributed by atoms with Crippen molar-refractivity contribution < 1.29 is 33.8 Å². The van der Waals surface area contributed by atoms with Crippen LogP contribution in [0.1, 0.15) is 106 Å². The van der Waals surface area contributed by atoms with Gasteiger partial charge in [-0.25, -0.2) is 0 Å². The van der Waals surface area contributed by atoms with Crippen LogP contribution in [0.2, 0.25) is 0 Å². The number of carbonyl (C=O) groups excluding carboxylic acids is 4. The molecule has 0 radical (unpaired) electrons. The van der Waals surface area contributed by atoms with Gasteiger partial charge in [-0.15, -0.1) is 0 Å². The molecule has 51 heavy (non-hydrogen) atoms. The number of aliphatic hydroxyl groups excluding tert-OH is 1. The van der Waals surface area contributed by atoms with Crippen molar-refractivity contribution >= 4 is 23.6 Å². The van der Waals surface area contributed by atoms with Crippen LogP contribution in [0.15, 0.2) is 30.3 Å². The van der Waals surface area contributed by atoms with Crippen LogP contribution >= 0.6 is 0 Å². The van der Waals surface area contributed by atoms with Crippen molar-refractivity contribution in [3.63, 3.8) is 0 Å². The van der Waals surface area contributed by atoms with Gasteiger partial charge in [0, 0.05) is 33.7 Å². The number of carbonyl (C=O) groups is 4. The molecule has 1 aromatic carbocycles. The number of likely N-dealkylation sites (N-methyl/N-ethyl adjacent to an activating group) is 1. The molecule has 11 nitrogen and oxygen atoms in total. The highest BCUT2D eigenvalue weighted by Crippen LogP contribution is 2.30. The Morgan fingerprint density at radius 1 is 0.902 bits per heavy atom.